The van der Waals surface area contributed by atoms with Gasteiger partial charge in [0.05, 0.1) is 0 Å². The van der Waals surface area contributed by atoms with Crippen LogP contribution in [0.4, 0.5) is 0 Å². The third-order valence-corrected chi connectivity index (χ3v) is 2.70. The third kappa shape index (κ3) is 6.24. The van der Waals surface area contributed by atoms with Crippen molar-refractivity contribution in [2.24, 2.45) is 5.92 Å². The molecule has 0 aliphatic carbocycles. The molecule has 0 aromatic rings. The van der Waals surface area contributed by atoms with E-state index in [4.69, 9.17) is 4.55 Å². The third-order valence-electron chi connectivity index (χ3n) is 1.67. The van der Waals surface area contributed by atoms with Gasteiger partial charge in [0.1, 0.15) is 0 Å². The fourth-order valence-electron chi connectivity index (χ4n) is 1.04. The second-order valence-corrected chi connectivity index (χ2v) is 5.24. The first kappa shape index (κ1) is 14.1. The Balaban J connectivity index is 4.60. The maximum absolute atomic E-state index is 11.1. The maximum Gasteiger partial charge on any atom is 0.286 e. The van der Waals surface area contributed by atoms with E-state index in [0.29, 0.717) is 0 Å². The Morgan fingerprint density at radius 2 is 2.00 bits per heavy atom. The van der Waals surface area contributed by atoms with Crippen LogP contribution in [0.5, 0.6) is 0 Å². The lowest BCUT2D eigenvalue weighted by atomic mass is 10.1. The number of rotatable bonds is 5. The average molecular weight is 235 g/mol. The van der Waals surface area contributed by atoms with Crippen molar-refractivity contribution >= 4 is 16.0 Å². The molecule has 0 rings (SSSR count). The van der Waals surface area contributed by atoms with Crippen molar-refractivity contribution < 1.29 is 17.8 Å². The Morgan fingerprint density at radius 3 is 2.33 bits per heavy atom. The molecule has 15 heavy (non-hydrogen) atoms. The Morgan fingerprint density at radius 1 is 1.47 bits per heavy atom. The molecule has 88 valence electrons. The summed E-state index contributed by atoms with van der Waals surface area (Å²) in [5.74, 6) is -0.469. The van der Waals surface area contributed by atoms with E-state index in [0.717, 1.165) is 0 Å². The first-order chi connectivity index (χ1) is 6.77. The van der Waals surface area contributed by atoms with Crippen molar-refractivity contribution in [2.45, 2.75) is 32.6 Å². The highest BCUT2D eigenvalue weighted by Crippen LogP contribution is 2.09. The SMILES string of the molecule is CC=CC(=O)NC(CC(C)C)S(=O)(=O)O. The van der Waals surface area contributed by atoms with E-state index < -0.39 is 21.4 Å². The van der Waals surface area contributed by atoms with Gasteiger partial charge in [0.15, 0.2) is 5.37 Å². The van der Waals surface area contributed by atoms with E-state index >= 15 is 0 Å². The van der Waals surface area contributed by atoms with Gasteiger partial charge >= 0.3 is 0 Å². The van der Waals surface area contributed by atoms with Crippen LogP contribution < -0.4 is 5.32 Å². The zero-order valence-electron chi connectivity index (χ0n) is 9.10. The summed E-state index contributed by atoms with van der Waals surface area (Å²) in [7, 11) is -4.24. The maximum atomic E-state index is 11.1. The van der Waals surface area contributed by atoms with Gasteiger partial charge in [-0.25, -0.2) is 0 Å². The summed E-state index contributed by atoms with van der Waals surface area (Å²) in [6.07, 6.45) is 2.88. The average Bonchev–Trinajstić information content (AvgIpc) is 2.00. The van der Waals surface area contributed by atoms with Crippen LogP contribution in [0.1, 0.15) is 27.2 Å². The second-order valence-electron chi connectivity index (χ2n) is 3.64. The van der Waals surface area contributed by atoms with Crippen molar-refractivity contribution in [1.29, 1.82) is 0 Å². The summed E-state index contributed by atoms with van der Waals surface area (Å²) in [6.45, 7) is 5.25. The molecule has 1 unspecified atom stereocenters. The molecule has 0 radical (unpaired) electrons. The molecular weight excluding hydrogens is 218 g/mol. The molecule has 6 heteroatoms. The molecule has 0 aliphatic heterocycles. The molecule has 2 N–H and O–H groups in total. The number of carbonyl (C=O) groups is 1. The van der Waals surface area contributed by atoms with Gasteiger partial charge in [0.25, 0.3) is 10.1 Å². The molecule has 1 atom stereocenters. The summed E-state index contributed by atoms with van der Waals surface area (Å²) < 4.78 is 30.7. The zero-order chi connectivity index (χ0) is 12.1. The molecule has 0 spiro atoms. The van der Waals surface area contributed by atoms with Gasteiger partial charge in [-0.15, -0.1) is 0 Å². The Bertz CT molecular complexity index is 332. The lowest BCUT2D eigenvalue weighted by Crippen LogP contribution is -2.40. The van der Waals surface area contributed by atoms with Crippen LogP contribution in [0.25, 0.3) is 0 Å². The van der Waals surface area contributed by atoms with Crippen molar-refractivity contribution in [3.8, 4) is 0 Å². The molecule has 0 aromatic heterocycles. The second kappa shape index (κ2) is 5.87. The number of hydrogen-bond acceptors (Lipinski definition) is 3. The van der Waals surface area contributed by atoms with Crippen LogP contribution in [0.3, 0.4) is 0 Å². The summed E-state index contributed by atoms with van der Waals surface area (Å²) in [4.78, 5) is 11.1. The number of allylic oxidation sites excluding steroid dienone is 1. The molecule has 0 aliphatic rings. The Kier molecular flexibility index (Phi) is 5.53. The van der Waals surface area contributed by atoms with Crippen molar-refractivity contribution in [3.05, 3.63) is 12.2 Å². The number of nitrogens with one attached hydrogen (secondary N) is 1. The molecular formula is C9H17NO4S. The molecule has 0 saturated carbocycles. The van der Waals surface area contributed by atoms with E-state index in [1.54, 1.807) is 20.8 Å². The van der Waals surface area contributed by atoms with Gasteiger partial charge in [-0.3, -0.25) is 9.35 Å². The standard InChI is InChI=1S/C9H17NO4S/c1-4-5-8(11)10-9(6-7(2)3)15(12,13)14/h4-5,7,9H,6H2,1-3H3,(H,10,11)(H,12,13,14). The lowest BCUT2D eigenvalue weighted by Gasteiger charge is -2.16. The van der Waals surface area contributed by atoms with Crippen LogP contribution in [0.15, 0.2) is 12.2 Å². The first-order valence-electron chi connectivity index (χ1n) is 4.66. The minimum atomic E-state index is -4.24. The monoisotopic (exact) mass is 235 g/mol. The zero-order valence-corrected chi connectivity index (χ0v) is 9.91. The predicted molar refractivity (Wildman–Crippen MR) is 57.7 cm³/mol. The summed E-state index contributed by atoms with van der Waals surface area (Å²) in [5.41, 5.74) is 0. The topological polar surface area (TPSA) is 83.5 Å². The number of hydrogen-bond donors (Lipinski definition) is 2. The predicted octanol–water partition coefficient (Wildman–Crippen LogP) is 0.939. The molecule has 0 saturated heterocycles. The van der Waals surface area contributed by atoms with Gasteiger partial charge in [0, 0.05) is 0 Å². The van der Waals surface area contributed by atoms with Gasteiger partial charge in [-0.1, -0.05) is 19.9 Å². The highest BCUT2D eigenvalue weighted by molar-refractivity contribution is 7.86. The molecule has 0 fully saturated rings. The van der Waals surface area contributed by atoms with E-state index in [-0.39, 0.29) is 12.3 Å². The molecule has 0 bridgehead atoms. The molecule has 1 amide bonds. The minimum Gasteiger partial charge on any atom is -0.334 e. The molecule has 5 nitrogen and oxygen atoms in total. The van der Waals surface area contributed by atoms with Crippen LogP contribution in [-0.4, -0.2) is 24.3 Å². The van der Waals surface area contributed by atoms with Crippen LogP contribution in [-0.2, 0) is 14.9 Å². The molecule has 0 aromatic carbocycles. The lowest BCUT2D eigenvalue weighted by molar-refractivity contribution is -0.116. The smallest absolute Gasteiger partial charge is 0.286 e. The number of amides is 1. The molecule has 0 heterocycles. The quantitative estimate of drug-likeness (QED) is 0.548. The van der Waals surface area contributed by atoms with E-state index in [9.17, 15) is 13.2 Å². The minimum absolute atomic E-state index is 0.0582. The Hall–Kier alpha value is -0.880. The van der Waals surface area contributed by atoms with Gasteiger partial charge in [0.2, 0.25) is 5.91 Å². The first-order valence-corrected chi connectivity index (χ1v) is 6.17. The van der Waals surface area contributed by atoms with Crippen LogP contribution >= 0.6 is 0 Å². The summed E-state index contributed by atoms with van der Waals surface area (Å²) >= 11 is 0. The number of carbonyl (C=O) groups excluding carboxylic acids is 1. The Labute approximate surface area is 90.3 Å². The largest absolute Gasteiger partial charge is 0.334 e. The van der Waals surface area contributed by atoms with Gasteiger partial charge in [-0.2, -0.15) is 8.42 Å². The van der Waals surface area contributed by atoms with Gasteiger partial charge in [-0.05, 0) is 25.3 Å². The fourth-order valence-corrected chi connectivity index (χ4v) is 1.93. The summed E-state index contributed by atoms with van der Waals surface area (Å²) in [5, 5.41) is 0.991. The van der Waals surface area contributed by atoms with E-state index in [1.165, 1.54) is 12.2 Å². The van der Waals surface area contributed by atoms with Crippen molar-refractivity contribution in [1.82, 2.24) is 5.32 Å². The highest BCUT2D eigenvalue weighted by atomic mass is 32.2. The van der Waals surface area contributed by atoms with E-state index in [2.05, 4.69) is 5.32 Å². The van der Waals surface area contributed by atoms with Gasteiger partial charge < -0.3 is 5.32 Å². The van der Waals surface area contributed by atoms with E-state index in [1.807, 2.05) is 0 Å². The van der Waals surface area contributed by atoms with Crippen molar-refractivity contribution in [2.75, 3.05) is 0 Å². The van der Waals surface area contributed by atoms with Crippen LogP contribution in [0, 0.1) is 5.92 Å². The normalized spacial score (nSPS) is 14.5. The highest BCUT2D eigenvalue weighted by Gasteiger charge is 2.24. The van der Waals surface area contributed by atoms with Crippen LogP contribution in [0.2, 0.25) is 0 Å². The van der Waals surface area contributed by atoms with Crippen molar-refractivity contribution in [3.63, 3.8) is 0 Å². The fraction of sp³-hybridized carbons (Fsp3) is 0.667. The summed E-state index contributed by atoms with van der Waals surface area (Å²) in [6, 6.07) is 0.